The van der Waals surface area contributed by atoms with Crippen LogP contribution in [-0.2, 0) is 0 Å². The predicted octanol–water partition coefficient (Wildman–Crippen LogP) is 4.64. The molecule has 2 N–H and O–H groups in total. The van der Waals surface area contributed by atoms with Crippen LogP contribution in [-0.4, -0.2) is 20.9 Å². The van der Waals surface area contributed by atoms with Crippen LogP contribution in [0.5, 0.6) is 5.88 Å². The van der Waals surface area contributed by atoms with Crippen LogP contribution in [0.1, 0.15) is 5.56 Å². The van der Waals surface area contributed by atoms with Crippen LogP contribution in [0.4, 0.5) is 10.1 Å². The number of rotatable bonds is 3. The number of aromatic hydroxyl groups is 1. The highest BCUT2D eigenvalue weighted by Crippen LogP contribution is 2.26. The zero-order valence-corrected chi connectivity index (χ0v) is 15.3. The largest absolute Gasteiger partial charge is 0.494 e. The molecule has 0 aliphatic heterocycles. The van der Waals surface area contributed by atoms with Crippen molar-refractivity contribution in [3.63, 3.8) is 0 Å². The highest BCUT2D eigenvalue weighted by molar-refractivity contribution is 7.71. The van der Waals surface area contributed by atoms with Gasteiger partial charge in [0.2, 0.25) is 5.88 Å². The summed E-state index contributed by atoms with van der Waals surface area (Å²) in [5.41, 5.74) is 0.461. The molecule has 0 atom stereocenters. The van der Waals surface area contributed by atoms with Crippen LogP contribution < -0.4 is 5.56 Å². The summed E-state index contributed by atoms with van der Waals surface area (Å²) in [5, 5.41) is 12.6. The Balaban J connectivity index is 1.90. The summed E-state index contributed by atoms with van der Waals surface area (Å²) >= 11 is 5.28. The van der Waals surface area contributed by atoms with Gasteiger partial charge in [-0.2, -0.15) is 0 Å². The number of aromatic amines is 1. The third kappa shape index (κ3) is 3.23. The molecule has 0 aliphatic rings. The summed E-state index contributed by atoms with van der Waals surface area (Å²) in [4.78, 5) is 19.1. The third-order valence-electron chi connectivity index (χ3n) is 4.30. The number of nitrogens with zero attached hydrogens (tertiary/aromatic N) is 2. The van der Waals surface area contributed by atoms with Crippen molar-refractivity contribution < 1.29 is 9.50 Å². The molecule has 7 heteroatoms. The van der Waals surface area contributed by atoms with Crippen molar-refractivity contribution in [3.05, 3.63) is 93.2 Å². The van der Waals surface area contributed by atoms with Gasteiger partial charge in [-0.05, 0) is 47.9 Å². The fourth-order valence-electron chi connectivity index (χ4n) is 2.95. The van der Waals surface area contributed by atoms with E-state index >= 15 is 0 Å². The number of hydrogen-bond acceptors (Lipinski definition) is 4. The van der Waals surface area contributed by atoms with Crippen molar-refractivity contribution in [3.8, 4) is 11.6 Å². The molecule has 0 aliphatic carbocycles. The van der Waals surface area contributed by atoms with Crippen molar-refractivity contribution in [2.24, 2.45) is 4.99 Å². The molecule has 1 aromatic heterocycles. The molecular formula is C21H14FN3O2S. The molecule has 0 amide bonds. The van der Waals surface area contributed by atoms with Crippen molar-refractivity contribution in [1.29, 1.82) is 0 Å². The number of H-pyrrole nitrogens is 1. The zero-order chi connectivity index (χ0) is 19.7. The van der Waals surface area contributed by atoms with E-state index in [9.17, 15) is 14.3 Å². The van der Waals surface area contributed by atoms with Crippen molar-refractivity contribution in [1.82, 2.24) is 9.55 Å². The lowest BCUT2D eigenvalue weighted by Crippen LogP contribution is -2.18. The molecule has 0 radical (unpaired) electrons. The minimum atomic E-state index is -0.565. The minimum Gasteiger partial charge on any atom is -0.494 e. The molecule has 5 nitrogen and oxygen atoms in total. The van der Waals surface area contributed by atoms with Gasteiger partial charge in [-0.25, -0.2) is 4.39 Å². The van der Waals surface area contributed by atoms with Gasteiger partial charge in [-0.3, -0.25) is 19.3 Å². The maximum Gasteiger partial charge on any atom is 0.264 e. The number of aromatic nitrogens is 2. The maximum absolute atomic E-state index is 13.0. The lowest BCUT2D eigenvalue weighted by molar-refractivity contribution is 0.433. The number of fused-ring (bicyclic) bond motifs is 1. The number of benzene rings is 3. The Morgan fingerprint density at radius 3 is 2.54 bits per heavy atom. The minimum absolute atomic E-state index is 0.0501. The average molecular weight is 391 g/mol. The third-order valence-corrected chi connectivity index (χ3v) is 4.58. The molecule has 138 valence electrons. The van der Waals surface area contributed by atoms with Gasteiger partial charge in [0.15, 0.2) is 4.77 Å². The second kappa shape index (κ2) is 7.21. The molecule has 0 saturated carbocycles. The number of hydrogen-bond donors (Lipinski definition) is 2. The van der Waals surface area contributed by atoms with Gasteiger partial charge < -0.3 is 5.11 Å². The molecule has 3 aromatic carbocycles. The fourth-order valence-corrected chi connectivity index (χ4v) is 3.23. The van der Waals surface area contributed by atoms with Crippen LogP contribution in [0, 0.1) is 10.6 Å². The summed E-state index contributed by atoms with van der Waals surface area (Å²) in [5.74, 6) is -0.708. The maximum atomic E-state index is 13.0. The Bertz CT molecular complexity index is 1320. The molecule has 0 unspecified atom stereocenters. The Kier molecular flexibility index (Phi) is 4.58. The first kappa shape index (κ1) is 17.8. The first-order chi connectivity index (χ1) is 13.5. The Morgan fingerprint density at radius 2 is 1.75 bits per heavy atom. The molecule has 4 aromatic rings. The van der Waals surface area contributed by atoms with E-state index in [2.05, 4.69) is 9.98 Å². The molecule has 0 saturated heterocycles. The summed E-state index contributed by atoms with van der Waals surface area (Å²) in [6.07, 6.45) is 1.23. The van der Waals surface area contributed by atoms with Gasteiger partial charge in [-0.15, -0.1) is 0 Å². The highest BCUT2D eigenvalue weighted by atomic mass is 32.1. The van der Waals surface area contributed by atoms with Crippen LogP contribution in [0.3, 0.4) is 0 Å². The summed E-state index contributed by atoms with van der Waals surface area (Å²) < 4.78 is 14.5. The van der Waals surface area contributed by atoms with E-state index in [-0.39, 0.29) is 22.0 Å². The van der Waals surface area contributed by atoms with Crippen molar-refractivity contribution in [2.45, 2.75) is 0 Å². The molecule has 4 rings (SSSR count). The summed E-state index contributed by atoms with van der Waals surface area (Å²) in [6.45, 7) is 0. The topological polar surface area (TPSA) is 70.4 Å². The van der Waals surface area contributed by atoms with Crippen LogP contribution in [0.25, 0.3) is 16.5 Å². The molecule has 0 spiro atoms. The van der Waals surface area contributed by atoms with E-state index in [0.29, 0.717) is 11.4 Å². The van der Waals surface area contributed by atoms with E-state index in [1.54, 1.807) is 6.07 Å². The fraction of sp³-hybridized carbons (Fsp3) is 0. The summed E-state index contributed by atoms with van der Waals surface area (Å²) in [6, 6.07) is 18.7. The SMILES string of the molecule is O=c1[nH]c(=S)n(-c2cccc3ccccc23)c(O)c1C=Nc1ccc(F)cc1. The predicted molar refractivity (Wildman–Crippen MR) is 110 cm³/mol. The summed E-state index contributed by atoms with van der Waals surface area (Å²) in [7, 11) is 0. The Labute approximate surface area is 164 Å². The van der Waals surface area contributed by atoms with Crippen LogP contribution >= 0.6 is 12.2 Å². The van der Waals surface area contributed by atoms with Crippen LogP contribution in [0.2, 0.25) is 0 Å². The standard InChI is InChI=1S/C21H14FN3O2S/c22-14-8-10-15(11-9-14)23-12-17-19(26)24-21(28)25(20(17)27)18-7-3-5-13-4-1-2-6-16(13)18/h1-12,27H,(H,24,26,28). The second-order valence-corrected chi connectivity index (χ2v) is 6.45. The molecular weight excluding hydrogens is 377 g/mol. The molecule has 0 bridgehead atoms. The molecule has 1 heterocycles. The van der Waals surface area contributed by atoms with E-state index in [1.807, 2.05) is 36.4 Å². The number of halogens is 1. The number of nitrogens with one attached hydrogen (secondary N) is 1. The highest BCUT2D eigenvalue weighted by Gasteiger charge is 2.14. The van der Waals surface area contributed by atoms with Gasteiger partial charge in [0.1, 0.15) is 11.4 Å². The lowest BCUT2D eigenvalue weighted by atomic mass is 10.1. The van der Waals surface area contributed by atoms with E-state index in [0.717, 1.165) is 10.8 Å². The first-order valence-corrected chi connectivity index (χ1v) is 8.81. The Hall–Kier alpha value is -3.58. The average Bonchev–Trinajstić information content (AvgIpc) is 2.69. The second-order valence-electron chi connectivity index (χ2n) is 6.06. The van der Waals surface area contributed by atoms with Gasteiger partial charge >= 0.3 is 0 Å². The first-order valence-electron chi connectivity index (χ1n) is 8.40. The van der Waals surface area contributed by atoms with Gasteiger partial charge in [-0.1, -0.05) is 36.4 Å². The lowest BCUT2D eigenvalue weighted by Gasteiger charge is -2.13. The van der Waals surface area contributed by atoms with E-state index in [1.165, 1.54) is 35.0 Å². The van der Waals surface area contributed by atoms with Gasteiger partial charge in [0.25, 0.3) is 5.56 Å². The van der Waals surface area contributed by atoms with E-state index in [4.69, 9.17) is 12.2 Å². The smallest absolute Gasteiger partial charge is 0.264 e. The number of aliphatic imine (C=N–C) groups is 1. The zero-order valence-electron chi connectivity index (χ0n) is 14.5. The van der Waals surface area contributed by atoms with Crippen LogP contribution in [0.15, 0.2) is 76.5 Å². The monoisotopic (exact) mass is 391 g/mol. The van der Waals surface area contributed by atoms with Gasteiger partial charge in [0.05, 0.1) is 11.4 Å². The Morgan fingerprint density at radius 1 is 1.04 bits per heavy atom. The normalized spacial score (nSPS) is 11.3. The molecule has 0 fully saturated rings. The molecule has 28 heavy (non-hydrogen) atoms. The quantitative estimate of drug-likeness (QED) is 0.395. The van der Waals surface area contributed by atoms with Crippen molar-refractivity contribution in [2.75, 3.05) is 0 Å². The van der Waals surface area contributed by atoms with E-state index < -0.39 is 5.56 Å². The van der Waals surface area contributed by atoms with Crippen molar-refractivity contribution >= 4 is 34.9 Å². The van der Waals surface area contributed by atoms with Gasteiger partial charge in [0, 0.05) is 11.6 Å².